The van der Waals surface area contributed by atoms with Gasteiger partial charge in [0.1, 0.15) is 17.9 Å². The largest absolute Gasteiger partial charge is 0.441 e. The van der Waals surface area contributed by atoms with Crippen LogP contribution >= 0.6 is 0 Å². The third kappa shape index (κ3) is 4.93. The highest BCUT2D eigenvalue weighted by Gasteiger charge is 2.49. The van der Waals surface area contributed by atoms with Crippen LogP contribution in [0.1, 0.15) is 50.0 Å². The van der Waals surface area contributed by atoms with Gasteiger partial charge in [-0.25, -0.2) is 14.4 Å². The van der Waals surface area contributed by atoms with Crippen LogP contribution in [0.25, 0.3) is 22.9 Å². The van der Waals surface area contributed by atoms with Crippen molar-refractivity contribution < 1.29 is 32.8 Å². The predicted octanol–water partition coefficient (Wildman–Crippen LogP) is 5.06. The van der Waals surface area contributed by atoms with Crippen LogP contribution in [0.3, 0.4) is 0 Å². The Morgan fingerprint density at radius 3 is 2.38 bits per heavy atom. The van der Waals surface area contributed by atoms with E-state index >= 15 is 0 Å². The zero-order valence-corrected chi connectivity index (χ0v) is 25.3. The maximum absolute atomic E-state index is 14.4. The molecule has 236 valence electrons. The number of nitrogens with zero attached hydrogens (tertiary/aromatic N) is 5. The maximum Gasteiger partial charge on any atom is 0.285 e. The number of fused-ring (bicyclic) bond motifs is 2. The number of carbonyl (C=O) groups is 3. The summed E-state index contributed by atoms with van der Waals surface area (Å²) in [7, 11) is 0. The Morgan fingerprint density at radius 2 is 1.72 bits per heavy atom. The molecule has 5 aromatic rings. The quantitative estimate of drug-likeness (QED) is 0.180. The number of likely N-dealkylation sites (tertiary alicyclic amines) is 1. The van der Waals surface area contributed by atoms with Crippen molar-refractivity contribution in [2.45, 2.75) is 19.4 Å². The van der Waals surface area contributed by atoms with E-state index in [1.54, 1.807) is 47.6 Å². The molecule has 2 saturated heterocycles. The van der Waals surface area contributed by atoms with Crippen molar-refractivity contribution in [3.63, 3.8) is 0 Å². The van der Waals surface area contributed by atoms with Crippen LogP contribution in [0.5, 0.6) is 0 Å². The molecule has 3 amide bonds. The molecule has 0 saturated carbocycles. The van der Waals surface area contributed by atoms with Gasteiger partial charge in [-0.1, -0.05) is 30.3 Å². The van der Waals surface area contributed by atoms with Crippen molar-refractivity contribution in [2.24, 2.45) is 5.41 Å². The van der Waals surface area contributed by atoms with Crippen LogP contribution < -0.4 is 0 Å². The molecule has 1 spiro atoms. The Labute approximate surface area is 267 Å². The van der Waals surface area contributed by atoms with E-state index in [2.05, 4.69) is 9.97 Å². The molecule has 3 aromatic carbocycles. The van der Waals surface area contributed by atoms with Gasteiger partial charge in [0.25, 0.3) is 11.8 Å². The SMILES string of the molecule is Cc1cn(-c2ccc(/C=C3\CC4(COC4)CN(C(CON4C(=O)c5ccccc5C4=O)c4ccc(F)cc4)C3=O)c3ncoc23)cn1. The monoisotopic (exact) mass is 633 g/mol. The number of carbonyl (C=O) groups excluding carboxylic acids is 3. The molecule has 2 aromatic heterocycles. The van der Waals surface area contributed by atoms with Gasteiger partial charge in [0.2, 0.25) is 5.91 Å². The zero-order valence-electron chi connectivity index (χ0n) is 25.3. The second-order valence-electron chi connectivity index (χ2n) is 12.2. The smallest absolute Gasteiger partial charge is 0.285 e. The Bertz CT molecular complexity index is 2060. The number of aromatic nitrogens is 3. The number of imide groups is 1. The molecule has 0 N–H and O–H groups in total. The van der Waals surface area contributed by atoms with Crippen molar-refractivity contribution in [3.8, 4) is 5.69 Å². The van der Waals surface area contributed by atoms with E-state index in [1.165, 1.54) is 18.5 Å². The number of imidazole rings is 1. The van der Waals surface area contributed by atoms with Gasteiger partial charge in [-0.15, -0.1) is 5.06 Å². The van der Waals surface area contributed by atoms with E-state index in [4.69, 9.17) is 14.0 Å². The average molecular weight is 634 g/mol. The molecule has 3 aliphatic heterocycles. The molecule has 1 atom stereocenters. The number of rotatable bonds is 7. The van der Waals surface area contributed by atoms with Gasteiger partial charge < -0.3 is 18.6 Å². The maximum atomic E-state index is 14.4. The van der Waals surface area contributed by atoms with Crippen LogP contribution in [0.15, 0.2) is 89.6 Å². The van der Waals surface area contributed by atoms with Crippen LogP contribution in [0.4, 0.5) is 4.39 Å². The number of oxazole rings is 1. The second-order valence-corrected chi connectivity index (χ2v) is 12.2. The number of aryl methyl sites for hydroxylation is 1. The van der Waals surface area contributed by atoms with Gasteiger partial charge >= 0.3 is 0 Å². The van der Waals surface area contributed by atoms with Gasteiger partial charge in [0, 0.05) is 29.3 Å². The van der Waals surface area contributed by atoms with Crippen LogP contribution in [0.2, 0.25) is 0 Å². The lowest BCUT2D eigenvalue weighted by molar-refractivity contribution is -0.167. The molecule has 3 aliphatic rings. The molecule has 47 heavy (non-hydrogen) atoms. The third-order valence-electron chi connectivity index (χ3n) is 8.99. The molecule has 2 fully saturated rings. The fourth-order valence-corrected chi connectivity index (χ4v) is 6.60. The lowest BCUT2D eigenvalue weighted by Crippen LogP contribution is -2.58. The van der Waals surface area contributed by atoms with Crippen molar-refractivity contribution in [1.82, 2.24) is 24.5 Å². The Morgan fingerprint density at radius 1 is 0.979 bits per heavy atom. The Balaban J connectivity index is 1.15. The highest BCUT2D eigenvalue weighted by molar-refractivity contribution is 6.20. The molecule has 1 unspecified atom stereocenters. The normalized spacial score (nSPS) is 18.8. The lowest BCUT2D eigenvalue weighted by atomic mass is 9.75. The minimum Gasteiger partial charge on any atom is -0.441 e. The van der Waals surface area contributed by atoms with Crippen molar-refractivity contribution in [2.75, 3.05) is 26.4 Å². The van der Waals surface area contributed by atoms with Gasteiger partial charge in [0.05, 0.1) is 48.1 Å². The number of halogens is 1. The number of hydroxylamine groups is 2. The minimum absolute atomic E-state index is 0.223. The fraction of sp³-hybridized carbons (Fsp3) is 0.229. The van der Waals surface area contributed by atoms with Crippen molar-refractivity contribution in [3.05, 3.63) is 119 Å². The summed E-state index contributed by atoms with van der Waals surface area (Å²) in [5.74, 6) is -1.85. The number of piperidine rings is 1. The molecule has 0 aliphatic carbocycles. The van der Waals surface area contributed by atoms with E-state index < -0.39 is 23.7 Å². The summed E-state index contributed by atoms with van der Waals surface area (Å²) in [4.78, 5) is 56.9. The fourth-order valence-electron chi connectivity index (χ4n) is 6.60. The first-order valence-corrected chi connectivity index (χ1v) is 15.1. The van der Waals surface area contributed by atoms with Crippen molar-refractivity contribution >= 4 is 34.9 Å². The van der Waals surface area contributed by atoms with Gasteiger partial charge in [0.15, 0.2) is 12.0 Å². The summed E-state index contributed by atoms with van der Waals surface area (Å²) in [5, 5.41) is 0.735. The molecule has 0 bridgehead atoms. The zero-order chi connectivity index (χ0) is 32.3. The summed E-state index contributed by atoms with van der Waals surface area (Å²) >= 11 is 0. The molecular formula is C35H28FN5O6. The first kappa shape index (κ1) is 29.0. The number of benzene rings is 3. The molecule has 8 rings (SSSR count). The molecule has 12 heteroatoms. The van der Waals surface area contributed by atoms with Gasteiger partial charge in [-0.2, -0.15) is 0 Å². The van der Waals surface area contributed by atoms with E-state index in [1.807, 2.05) is 35.9 Å². The van der Waals surface area contributed by atoms with Gasteiger partial charge in [-0.05, 0) is 55.3 Å². The van der Waals surface area contributed by atoms with Crippen LogP contribution in [-0.2, 0) is 14.4 Å². The first-order chi connectivity index (χ1) is 22.8. The topological polar surface area (TPSA) is 120 Å². The van der Waals surface area contributed by atoms with E-state index in [-0.39, 0.29) is 29.1 Å². The molecule has 11 nitrogen and oxygen atoms in total. The highest BCUT2D eigenvalue weighted by atomic mass is 19.1. The number of amides is 3. The average Bonchev–Trinajstić information content (AvgIpc) is 3.78. The van der Waals surface area contributed by atoms with E-state index in [9.17, 15) is 18.8 Å². The second kappa shape index (κ2) is 11.1. The van der Waals surface area contributed by atoms with Crippen LogP contribution in [-0.4, -0.2) is 68.6 Å². The number of hydrogen-bond donors (Lipinski definition) is 0. The first-order valence-electron chi connectivity index (χ1n) is 15.1. The number of hydrogen-bond acceptors (Lipinski definition) is 8. The lowest BCUT2D eigenvalue weighted by Gasteiger charge is -2.50. The summed E-state index contributed by atoms with van der Waals surface area (Å²) in [5.41, 5.74) is 4.72. The van der Waals surface area contributed by atoms with Gasteiger partial charge in [-0.3, -0.25) is 19.2 Å². The minimum atomic E-state index is -0.757. The predicted molar refractivity (Wildman–Crippen MR) is 165 cm³/mol. The summed E-state index contributed by atoms with van der Waals surface area (Å²) in [6.07, 6.45) is 7.26. The van der Waals surface area contributed by atoms with Crippen molar-refractivity contribution in [1.29, 1.82) is 0 Å². The summed E-state index contributed by atoms with van der Waals surface area (Å²) < 4.78 is 27.3. The molecule has 5 heterocycles. The molecule has 0 radical (unpaired) electrons. The summed E-state index contributed by atoms with van der Waals surface area (Å²) in [6.45, 7) is 2.91. The van der Waals surface area contributed by atoms with E-state index in [0.29, 0.717) is 54.0 Å². The molecular weight excluding hydrogens is 605 g/mol. The van der Waals surface area contributed by atoms with E-state index in [0.717, 1.165) is 16.4 Å². The highest BCUT2D eigenvalue weighted by Crippen LogP contribution is 2.44. The standard InChI is InChI=1S/C35H28FN5O6/c1-21-14-39(19-37-21)28-11-8-23(30-31(28)46-20-38-30)12-24-13-35(17-45-18-35)16-40(32(24)42)29(22-6-9-25(36)10-7-22)15-47-41-33(43)26-4-2-3-5-27(26)34(41)44/h2-12,14,19-20,29H,13,15-18H2,1H3/b24-12+. The number of ether oxygens (including phenoxy) is 1. The Kier molecular flexibility index (Phi) is 6.85. The Hall–Kier alpha value is -5.46. The summed E-state index contributed by atoms with van der Waals surface area (Å²) in [6, 6.07) is 15.3. The third-order valence-corrected chi connectivity index (χ3v) is 8.99. The van der Waals surface area contributed by atoms with Crippen LogP contribution in [0, 0.1) is 18.2 Å².